The molecule has 1 saturated carbocycles. The normalized spacial score (nSPS) is 16.2. The summed E-state index contributed by atoms with van der Waals surface area (Å²) in [7, 11) is 0. The van der Waals surface area contributed by atoms with Gasteiger partial charge < -0.3 is 0 Å². The summed E-state index contributed by atoms with van der Waals surface area (Å²) in [5, 5.41) is 5.66. The summed E-state index contributed by atoms with van der Waals surface area (Å²) in [5.41, 5.74) is 2.87. The van der Waals surface area contributed by atoms with Gasteiger partial charge in [0, 0.05) is 11.9 Å². The van der Waals surface area contributed by atoms with Gasteiger partial charge in [0.05, 0.1) is 11.2 Å². The highest BCUT2D eigenvalue weighted by Gasteiger charge is 2.20. The monoisotopic (exact) mass is 286 g/mol. The van der Waals surface area contributed by atoms with E-state index in [4.69, 9.17) is 5.10 Å². The quantitative estimate of drug-likeness (QED) is 0.770. The summed E-state index contributed by atoms with van der Waals surface area (Å²) in [4.78, 5) is 0. The summed E-state index contributed by atoms with van der Waals surface area (Å²) < 4.78 is 15.7. The molecule has 0 saturated heterocycles. The molecule has 0 amide bonds. The van der Waals surface area contributed by atoms with Crippen molar-refractivity contribution in [1.82, 2.24) is 9.78 Å². The molecule has 3 heteroatoms. The molecule has 0 N–H and O–H groups in total. The van der Waals surface area contributed by atoms with Gasteiger partial charge in [0.15, 0.2) is 0 Å². The van der Waals surface area contributed by atoms with Crippen LogP contribution in [0.1, 0.15) is 45.2 Å². The van der Waals surface area contributed by atoms with E-state index in [-0.39, 0.29) is 5.82 Å². The molecule has 0 aliphatic heterocycles. The van der Waals surface area contributed by atoms with Gasteiger partial charge in [0.2, 0.25) is 0 Å². The van der Waals surface area contributed by atoms with Gasteiger partial charge in [-0.3, -0.25) is 4.68 Å². The van der Waals surface area contributed by atoms with Gasteiger partial charge >= 0.3 is 0 Å². The molecular formula is C18H23FN2. The summed E-state index contributed by atoms with van der Waals surface area (Å²) in [6.45, 7) is 9.29. The van der Waals surface area contributed by atoms with Crippen LogP contribution in [0.3, 0.4) is 0 Å². The average molecular weight is 286 g/mol. The van der Waals surface area contributed by atoms with Crippen LogP contribution in [0.15, 0.2) is 24.8 Å². The molecule has 1 aromatic heterocycles. The molecule has 3 rings (SSSR count). The Morgan fingerprint density at radius 3 is 2.76 bits per heavy atom. The Bertz CT molecular complexity index is 663. The van der Waals surface area contributed by atoms with Crippen LogP contribution in [0, 0.1) is 17.7 Å². The van der Waals surface area contributed by atoms with E-state index in [1.807, 2.05) is 6.07 Å². The molecule has 112 valence electrons. The van der Waals surface area contributed by atoms with Crippen LogP contribution in [-0.2, 0) is 6.54 Å². The molecule has 1 aromatic carbocycles. The van der Waals surface area contributed by atoms with Gasteiger partial charge in [-0.1, -0.05) is 33.3 Å². The van der Waals surface area contributed by atoms with Gasteiger partial charge in [-0.05, 0) is 48.4 Å². The molecule has 0 spiro atoms. The summed E-state index contributed by atoms with van der Waals surface area (Å²) in [5.74, 6) is 0.810. The van der Waals surface area contributed by atoms with Gasteiger partial charge in [-0.15, -0.1) is 0 Å². The number of rotatable bonds is 4. The summed E-state index contributed by atoms with van der Waals surface area (Å²) in [6, 6.07) is 4.97. The maximum absolute atomic E-state index is 13.6. The van der Waals surface area contributed by atoms with Crippen LogP contribution < -0.4 is 0 Å². The van der Waals surface area contributed by atoms with E-state index in [0.29, 0.717) is 11.8 Å². The fourth-order valence-corrected chi connectivity index (χ4v) is 3.24. The summed E-state index contributed by atoms with van der Waals surface area (Å²) >= 11 is 0. The van der Waals surface area contributed by atoms with Crippen molar-refractivity contribution in [1.29, 1.82) is 0 Å². The molecule has 1 fully saturated rings. The molecular weight excluding hydrogens is 263 g/mol. The highest BCUT2D eigenvalue weighted by molar-refractivity contribution is 5.90. The lowest BCUT2D eigenvalue weighted by Crippen LogP contribution is -2.09. The van der Waals surface area contributed by atoms with E-state index in [9.17, 15) is 4.39 Å². The SMILES string of the molecule is C=C(c1nn(CC2CCCC2)c2ccc(F)cc12)C(C)C. The van der Waals surface area contributed by atoms with Gasteiger partial charge in [-0.2, -0.15) is 5.10 Å². The van der Waals surface area contributed by atoms with E-state index in [1.54, 1.807) is 6.07 Å². The number of aromatic nitrogens is 2. The van der Waals surface area contributed by atoms with Crippen LogP contribution >= 0.6 is 0 Å². The van der Waals surface area contributed by atoms with Gasteiger partial charge in [0.1, 0.15) is 5.82 Å². The van der Waals surface area contributed by atoms with Crippen LogP contribution in [0.2, 0.25) is 0 Å². The first-order valence-corrected chi connectivity index (χ1v) is 7.91. The number of fused-ring (bicyclic) bond motifs is 1. The first kappa shape index (κ1) is 14.3. The average Bonchev–Trinajstić information content (AvgIpc) is 3.06. The second-order valence-corrected chi connectivity index (χ2v) is 6.52. The third-order valence-corrected chi connectivity index (χ3v) is 4.62. The fraction of sp³-hybridized carbons (Fsp3) is 0.500. The van der Waals surface area contributed by atoms with Crippen LogP contribution in [-0.4, -0.2) is 9.78 Å². The molecule has 1 aliphatic carbocycles. The number of nitrogens with zero attached hydrogens (tertiary/aromatic N) is 2. The smallest absolute Gasteiger partial charge is 0.124 e. The number of hydrogen-bond donors (Lipinski definition) is 0. The Hall–Kier alpha value is -1.64. The Morgan fingerprint density at radius 1 is 1.38 bits per heavy atom. The number of benzene rings is 1. The van der Waals surface area contributed by atoms with Crippen LogP contribution in [0.4, 0.5) is 4.39 Å². The fourth-order valence-electron chi connectivity index (χ4n) is 3.24. The van der Waals surface area contributed by atoms with Crippen molar-refractivity contribution < 1.29 is 4.39 Å². The molecule has 0 atom stereocenters. The zero-order valence-electron chi connectivity index (χ0n) is 12.9. The summed E-state index contributed by atoms with van der Waals surface area (Å²) in [6.07, 6.45) is 5.21. The lowest BCUT2D eigenvalue weighted by molar-refractivity contribution is 0.437. The minimum Gasteiger partial charge on any atom is -0.264 e. The molecule has 0 unspecified atom stereocenters. The predicted molar refractivity (Wildman–Crippen MR) is 85.5 cm³/mol. The van der Waals surface area contributed by atoms with Crippen LogP contribution in [0.25, 0.3) is 16.5 Å². The van der Waals surface area contributed by atoms with Crippen molar-refractivity contribution in [2.75, 3.05) is 0 Å². The van der Waals surface area contributed by atoms with Crippen molar-refractivity contribution in [2.45, 2.75) is 46.1 Å². The highest BCUT2D eigenvalue weighted by atomic mass is 19.1. The Balaban J connectivity index is 2.05. The minimum absolute atomic E-state index is 0.208. The molecule has 21 heavy (non-hydrogen) atoms. The standard InChI is InChI=1S/C18H23FN2/c1-12(2)13(3)18-16-10-15(19)8-9-17(16)21(20-18)11-14-6-4-5-7-14/h8-10,12,14H,3-7,11H2,1-2H3. The Labute approximate surface area is 125 Å². The third kappa shape index (κ3) is 2.74. The van der Waals surface area contributed by atoms with E-state index in [0.717, 1.165) is 28.7 Å². The van der Waals surface area contributed by atoms with E-state index in [1.165, 1.54) is 31.7 Å². The van der Waals surface area contributed by atoms with E-state index in [2.05, 4.69) is 25.1 Å². The Kier molecular flexibility index (Phi) is 3.83. The van der Waals surface area contributed by atoms with Gasteiger partial charge in [-0.25, -0.2) is 4.39 Å². The lowest BCUT2D eigenvalue weighted by Gasteiger charge is -2.10. The first-order valence-electron chi connectivity index (χ1n) is 7.91. The van der Waals surface area contributed by atoms with Crippen molar-refractivity contribution >= 4 is 16.5 Å². The Morgan fingerprint density at radius 2 is 2.10 bits per heavy atom. The van der Waals surface area contributed by atoms with Crippen molar-refractivity contribution in [3.8, 4) is 0 Å². The second kappa shape index (κ2) is 5.63. The maximum atomic E-state index is 13.6. The molecule has 1 aliphatic rings. The van der Waals surface area contributed by atoms with Gasteiger partial charge in [0.25, 0.3) is 0 Å². The zero-order chi connectivity index (χ0) is 15.0. The van der Waals surface area contributed by atoms with E-state index < -0.39 is 0 Å². The third-order valence-electron chi connectivity index (χ3n) is 4.62. The molecule has 0 bridgehead atoms. The first-order chi connectivity index (χ1) is 10.1. The van der Waals surface area contributed by atoms with Crippen LogP contribution in [0.5, 0.6) is 0 Å². The molecule has 2 aromatic rings. The lowest BCUT2D eigenvalue weighted by atomic mass is 9.99. The zero-order valence-corrected chi connectivity index (χ0v) is 12.9. The van der Waals surface area contributed by atoms with E-state index >= 15 is 0 Å². The minimum atomic E-state index is -0.208. The largest absolute Gasteiger partial charge is 0.264 e. The van der Waals surface area contributed by atoms with Crippen molar-refractivity contribution in [2.24, 2.45) is 11.8 Å². The number of hydrogen-bond acceptors (Lipinski definition) is 1. The maximum Gasteiger partial charge on any atom is 0.124 e. The van der Waals surface area contributed by atoms with Crippen molar-refractivity contribution in [3.05, 3.63) is 36.3 Å². The molecule has 1 heterocycles. The molecule has 0 radical (unpaired) electrons. The number of halogens is 1. The predicted octanol–water partition coefficient (Wildman–Crippen LogP) is 5.03. The molecule has 2 nitrogen and oxygen atoms in total. The topological polar surface area (TPSA) is 17.8 Å². The second-order valence-electron chi connectivity index (χ2n) is 6.52. The highest BCUT2D eigenvalue weighted by Crippen LogP contribution is 2.31. The van der Waals surface area contributed by atoms with Crippen molar-refractivity contribution in [3.63, 3.8) is 0 Å². The number of allylic oxidation sites excluding steroid dienone is 1.